The lowest BCUT2D eigenvalue weighted by atomic mass is 10.2. The number of aromatic nitrogens is 1. The van der Waals surface area contributed by atoms with Crippen molar-refractivity contribution in [2.75, 3.05) is 39.3 Å². The molecule has 3 amide bonds. The fraction of sp³-hybridized carbons (Fsp3) is 0.474. The second-order valence-electron chi connectivity index (χ2n) is 6.97. The van der Waals surface area contributed by atoms with Crippen molar-refractivity contribution in [2.24, 2.45) is 0 Å². The zero-order chi connectivity index (χ0) is 19.5. The first-order valence-corrected chi connectivity index (χ1v) is 10.3. The summed E-state index contributed by atoms with van der Waals surface area (Å²) in [6.07, 6.45) is 3.73. The molecule has 0 spiro atoms. The minimum Gasteiger partial charge on any atom is -0.462 e. The maximum absolute atomic E-state index is 12.6. The standard InChI is InChI=1S/C19H22N4O4S/c24-16(12-14-13-28-17(20-14)15-4-3-11-27-15)21-7-9-23(10-8-21)19(26)18(25)22-5-1-2-6-22/h3-4,11,13H,1-2,5-10,12H2. The van der Waals surface area contributed by atoms with Crippen molar-refractivity contribution in [3.05, 3.63) is 29.5 Å². The van der Waals surface area contributed by atoms with Crippen LogP contribution < -0.4 is 0 Å². The van der Waals surface area contributed by atoms with Gasteiger partial charge in [0.25, 0.3) is 0 Å². The third-order valence-electron chi connectivity index (χ3n) is 5.11. The molecule has 2 aromatic rings. The summed E-state index contributed by atoms with van der Waals surface area (Å²) in [5.41, 5.74) is 0.712. The van der Waals surface area contributed by atoms with Gasteiger partial charge in [-0.3, -0.25) is 14.4 Å². The van der Waals surface area contributed by atoms with Gasteiger partial charge in [-0.25, -0.2) is 4.98 Å². The van der Waals surface area contributed by atoms with E-state index < -0.39 is 11.8 Å². The van der Waals surface area contributed by atoms with E-state index in [-0.39, 0.29) is 12.3 Å². The number of nitrogens with zero attached hydrogens (tertiary/aromatic N) is 4. The van der Waals surface area contributed by atoms with E-state index in [1.54, 1.807) is 27.0 Å². The Balaban J connectivity index is 1.28. The van der Waals surface area contributed by atoms with Gasteiger partial charge in [0, 0.05) is 44.6 Å². The Morgan fingerprint density at radius 2 is 1.61 bits per heavy atom. The summed E-state index contributed by atoms with van der Waals surface area (Å²) in [7, 11) is 0. The van der Waals surface area contributed by atoms with Gasteiger partial charge in [0.1, 0.15) is 0 Å². The van der Waals surface area contributed by atoms with Crippen LogP contribution in [-0.2, 0) is 20.8 Å². The predicted molar refractivity (Wildman–Crippen MR) is 102 cm³/mol. The van der Waals surface area contributed by atoms with Gasteiger partial charge >= 0.3 is 11.8 Å². The number of amides is 3. The molecule has 0 aromatic carbocycles. The van der Waals surface area contributed by atoms with Crippen molar-refractivity contribution in [3.63, 3.8) is 0 Å². The molecule has 4 rings (SSSR count). The molecule has 0 bridgehead atoms. The third kappa shape index (κ3) is 3.94. The van der Waals surface area contributed by atoms with E-state index in [0.717, 1.165) is 17.8 Å². The average Bonchev–Trinajstić information content (AvgIpc) is 3.49. The van der Waals surface area contributed by atoms with Crippen LogP contribution in [0.15, 0.2) is 28.2 Å². The lowest BCUT2D eigenvalue weighted by Crippen LogP contribution is -2.54. The Labute approximate surface area is 166 Å². The van der Waals surface area contributed by atoms with Crippen molar-refractivity contribution in [1.82, 2.24) is 19.7 Å². The lowest BCUT2D eigenvalue weighted by Gasteiger charge is -2.35. The Morgan fingerprint density at radius 1 is 0.964 bits per heavy atom. The summed E-state index contributed by atoms with van der Waals surface area (Å²) in [5, 5.41) is 2.62. The van der Waals surface area contributed by atoms with Gasteiger partial charge in [-0.1, -0.05) is 0 Å². The number of carbonyl (C=O) groups is 3. The summed E-state index contributed by atoms with van der Waals surface area (Å²) >= 11 is 1.44. The molecule has 2 aliphatic heterocycles. The van der Waals surface area contributed by atoms with E-state index >= 15 is 0 Å². The van der Waals surface area contributed by atoms with E-state index in [9.17, 15) is 14.4 Å². The maximum Gasteiger partial charge on any atom is 0.312 e. The van der Waals surface area contributed by atoms with Crippen molar-refractivity contribution in [2.45, 2.75) is 19.3 Å². The number of furan rings is 1. The van der Waals surface area contributed by atoms with Gasteiger partial charge in [0.05, 0.1) is 18.4 Å². The van der Waals surface area contributed by atoms with E-state index in [4.69, 9.17) is 4.42 Å². The molecule has 0 aliphatic carbocycles. The molecule has 4 heterocycles. The molecule has 0 N–H and O–H groups in total. The van der Waals surface area contributed by atoms with Crippen LogP contribution in [0.3, 0.4) is 0 Å². The van der Waals surface area contributed by atoms with E-state index in [0.29, 0.717) is 50.7 Å². The molecule has 9 heteroatoms. The SMILES string of the molecule is O=C(Cc1csc(-c2ccco2)n1)N1CCN(C(=O)C(=O)N2CCCC2)CC1. The fourth-order valence-electron chi connectivity index (χ4n) is 3.52. The van der Waals surface area contributed by atoms with Crippen molar-refractivity contribution in [1.29, 1.82) is 0 Å². The van der Waals surface area contributed by atoms with Crippen LogP contribution in [0.5, 0.6) is 0 Å². The summed E-state index contributed by atoms with van der Waals surface area (Å²) < 4.78 is 5.33. The van der Waals surface area contributed by atoms with E-state index in [1.807, 2.05) is 11.4 Å². The number of piperazine rings is 1. The summed E-state index contributed by atoms with van der Waals surface area (Å²) in [4.78, 5) is 46.6. The smallest absolute Gasteiger partial charge is 0.312 e. The normalized spacial score (nSPS) is 17.2. The second kappa shape index (κ2) is 8.14. The van der Waals surface area contributed by atoms with Crippen LogP contribution in [0.25, 0.3) is 10.8 Å². The highest BCUT2D eigenvalue weighted by molar-refractivity contribution is 7.13. The molecule has 148 valence electrons. The van der Waals surface area contributed by atoms with Gasteiger partial charge in [-0.15, -0.1) is 11.3 Å². The van der Waals surface area contributed by atoms with Crippen molar-refractivity contribution < 1.29 is 18.8 Å². The molecule has 0 unspecified atom stereocenters. The molecule has 0 radical (unpaired) electrons. The maximum atomic E-state index is 12.6. The molecule has 8 nitrogen and oxygen atoms in total. The van der Waals surface area contributed by atoms with Gasteiger partial charge in [-0.2, -0.15) is 0 Å². The highest BCUT2D eigenvalue weighted by Crippen LogP contribution is 2.24. The minimum absolute atomic E-state index is 0.0192. The Hall–Kier alpha value is -2.68. The van der Waals surface area contributed by atoms with Gasteiger partial charge in [-0.05, 0) is 25.0 Å². The molecular formula is C19H22N4O4S. The molecule has 2 aromatic heterocycles. The lowest BCUT2D eigenvalue weighted by molar-refractivity contribution is -0.153. The van der Waals surface area contributed by atoms with E-state index in [1.165, 1.54) is 11.3 Å². The summed E-state index contributed by atoms with van der Waals surface area (Å²) in [6, 6.07) is 3.64. The Bertz CT molecular complexity index is 849. The fourth-order valence-corrected chi connectivity index (χ4v) is 4.30. The quantitative estimate of drug-likeness (QED) is 0.721. The van der Waals surface area contributed by atoms with Crippen molar-refractivity contribution >= 4 is 29.1 Å². The second-order valence-corrected chi connectivity index (χ2v) is 7.83. The predicted octanol–water partition coefficient (Wildman–Crippen LogP) is 1.24. The number of thiazole rings is 1. The average molecular weight is 402 g/mol. The highest BCUT2D eigenvalue weighted by Gasteiger charge is 2.31. The van der Waals surface area contributed by atoms with Gasteiger partial charge < -0.3 is 19.1 Å². The zero-order valence-corrected chi connectivity index (χ0v) is 16.3. The number of rotatable bonds is 3. The molecule has 0 saturated carbocycles. The van der Waals surface area contributed by atoms with Crippen LogP contribution in [0.4, 0.5) is 0 Å². The summed E-state index contributed by atoms with van der Waals surface area (Å²) in [6.45, 7) is 2.98. The molecule has 2 fully saturated rings. The molecule has 0 atom stereocenters. The van der Waals surface area contributed by atoms with Crippen LogP contribution in [-0.4, -0.2) is 76.7 Å². The number of hydrogen-bond donors (Lipinski definition) is 0. The Kier molecular flexibility index (Phi) is 5.43. The largest absolute Gasteiger partial charge is 0.462 e. The zero-order valence-electron chi connectivity index (χ0n) is 15.5. The van der Waals surface area contributed by atoms with Crippen LogP contribution in [0.2, 0.25) is 0 Å². The first-order valence-electron chi connectivity index (χ1n) is 9.46. The number of likely N-dealkylation sites (tertiary alicyclic amines) is 1. The molecule has 2 aliphatic rings. The monoisotopic (exact) mass is 402 g/mol. The topological polar surface area (TPSA) is 87.0 Å². The third-order valence-corrected chi connectivity index (χ3v) is 6.02. The summed E-state index contributed by atoms with van der Waals surface area (Å²) in [5.74, 6) is -0.186. The molecule has 28 heavy (non-hydrogen) atoms. The molecular weight excluding hydrogens is 380 g/mol. The number of hydrogen-bond acceptors (Lipinski definition) is 6. The van der Waals surface area contributed by atoms with Crippen LogP contribution >= 0.6 is 11.3 Å². The first-order chi connectivity index (χ1) is 13.6. The van der Waals surface area contributed by atoms with Gasteiger partial charge in [0.15, 0.2) is 10.8 Å². The molecule has 2 saturated heterocycles. The highest BCUT2D eigenvalue weighted by atomic mass is 32.1. The minimum atomic E-state index is -0.448. The first kappa shape index (κ1) is 18.7. The Morgan fingerprint density at radius 3 is 2.25 bits per heavy atom. The van der Waals surface area contributed by atoms with Gasteiger partial charge in [0.2, 0.25) is 5.91 Å². The van der Waals surface area contributed by atoms with E-state index in [2.05, 4.69) is 4.98 Å². The van der Waals surface area contributed by atoms with Crippen molar-refractivity contribution in [3.8, 4) is 10.8 Å². The number of carbonyl (C=O) groups excluding carboxylic acids is 3. The van der Waals surface area contributed by atoms with Crippen LogP contribution in [0, 0.1) is 0 Å². The van der Waals surface area contributed by atoms with Crippen LogP contribution in [0.1, 0.15) is 18.5 Å².